The van der Waals surface area contributed by atoms with Gasteiger partial charge >= 0.3 is 5.76 Å². The number of oxazole rings is 1. The van der Waals surface area contributed by atoms with Crippen LogP contribution in [0.25, 0.3) is 11.1 Å². The van der Waals surface area contributed by atoms with Gasteiger partial charge in [-0.25, -0.2) is 4.79 Å². The normalized spacial score (nSPS) is 13.6. The molecular formula is C14H21N3O2. The average Bonchev–Trinajstić information content (AvgIpc) is 2.67. The number of fused-ring (bicyclic) bond motifs is 1. The van der Waals surface area contributed by atoms with E-state index in [2.05, 4.69) is 29.0 Å². The Labute approximate surface area is 112 Å². The molecule has 0 amide bonds. The first-order valence-electron chi connectivity index (χ1n) is 6.50. The standard InChI is InChI=1S/C14H21N3O2/c1-9(2)15-8-12(17(3)4)10-5-6-11-13(7-10)19-14(18)16-11/h5-7,9,12,15H,8H2,1-4H3,(H,16,18). The quantitative estimate of drug-likeness (QED) is 0.862. The maximum atomic E-state index is 11.2. The Kier molecular flexibility index (Phi) is 4.07. The van der Waals surface area contributed by atoms with Gasteiger partial charge in [-0.05, 0) is 31.8 Å². The minimum Gasteiger partial charge on any atom is -0.408 e. The Morgan fingerprint density at radius 1 is 1.37 bits per heavy atom. The number of hydrogen-bond acceptors (Lipinski definition) is 4. The van der Waals surface area contributed by atoms with Crippen LogP contribution in [-0.2, 0) is 0 Å². The predicted octanol–water partition coefficient (Wildman–Crippen LogP) is 1.72. The zero-order valence-electron chi connectivity index (χ0n) is 11.9. The highest BCUT2D eigenvalue weighted by Crippen LogP contribution is 2.21. The van der Waals surface area contributed by atoms with Crippen molar-refractivity contribution in [2.24, 2.45) is 0 Å². The van der Waals surface area contributed by atoms with Crippen molar-refractivity contribution in [1.29, 1.82) is 0 Å². The van der Waals surface area contributed by atoms with Crippen LogP contribution in [0.3, 0.4) is 0 Å². The van der Waals surface area contributed by atoms with Crippen molar-refractivity contribution in [2.45, 2.75) is 25.9 Å². The van der Waals surface area contributed by atoms with Gasteiger partial charge in [-0.15, -0.1) is 0 Å². The Balaban J connectivity index is 2.30. The monoisotopic (exact) mass is 263 g/mol. The highest BCUT2D eigenvalue weighted by Gasteiger charge is 2.15. The number of aromatic amines is 1. The highest BCUT2D eigenvalue weighted by atomic mass is 16.4. The van der Waals surface area contributed by atoms with E-state index >= 15 is 0 Å². The molecule has 1 heterocycles. The molecule has 1 unspecified atom stereocenters. The third-order valence-corrected chi connectivity index (χ3v) is 3.17. The van der Waals surface area contributed by atoms with Crippen LogP contribution in [0, 0.1) is 0 Å². The first-order valence-corrected chi connectivity index (χ1v) is 6.50. The van der Waals surface area contributed by atoms with Crippen LogP contribution >= 0.6 is 0 Å². The van der Waals surface area contributed by atoms with Gasteiger partial charge in [0.2, 0.25) is 0 Å². The number of H-pyrrole nitrogens is 1. The average molecular weight is 263 g/mol. The second kappa shape index (κ2) is 5.59. The van der Waals surface area contributed by atoms with E-state index in [-0.39, 0.29) is 6.04 Å². The zero-order chi connectivity index (χ0) is 14.0. The fraction of sp³-hybridized carbons (Fsp3) is 0.500. The molecule has 1 aromatic carbocycles. The van der Waals surface area contributed by atoms with Gasteiger partial charge in [-0.3, -0.25) is 4.98 Å². The van der Waals surface area contributed by atoms with Crippen molar-refractivity contribution in [1.82, 2.24) is 15.2 Å². The lowest BCUT2D eigenvalue weighted by molar-refractivity contribution is 0.283. The van der Waals surface area contributed by atoms with E-state index in [4.69, 9.17) is 4.42 Å². The molecule has 0 spiro atoms. The lowest BCUT2D eigenvalue weighted by Crippen LogP contribution is -2.34. The molecule has 19 heavy (non-hydrogen) atoms. The third kappa shape index (κ3) is 3.24. The van der Waals surface area contributed by atoms with Gasteiger partial charge in [0.25, 0.3) is 0 Å². The van der Waals surface area contributed by atoms with Crippen LogP contribution in [0.15, 0.2) is 27.4 Å². The molecule has 5 nitrogen and oxygen atoms in total. The first kappa shape index (κ1) is 13.8. The van der Waals surface area contributed by atoms with Gasteiger partial charge in [-0.1, -0.05) is 19.9 Å². The summed E-state index contributed by atoms with van der Waals surface area (Å²) < 4.78 is 5.11. The summed E-state index contributed by atoms with van der Waals surface area (Å²) in [5.41, 5.74) is 2.48. The molecule has 0 saturated carbocycles. The van der Waals surface area contributed by atoms with Crippen LogP contribution in [-0.4, -0.2) is 36.6 Å². The van der Waals surface area contributed by atoms with Crippen LogP contribution in [0.2, 0.25) is 0 Å². The van der Waals surface area contributed by atoms with Gasteiger partial charge in [0.1, 0.15) is 0 Å². The lowest BCUT2D eigenvalue weighted by atomic mass is 10.1. The molecule has 1 atom stereocenters. The Bertz CT molecular complexity index is 598. The summed E-state index contributed by atoms with van der Waals surface area (Å²) in [4.78, 5) is 16.0. The minimum atomic E-state index is -0.408. The fourth-order valence-corrected chi connectivity index (χ4v) is 2.12. The second-order valence-corrected chi connectivity index (χ2v) is 5.31. The van der Waals surface area contributed by atoms with E-state index in [1.165, 1.54) is 0 Å². The number of hydrogen-bond donors (Lipinski definition) is 2. The van der Waals surface area contributed by atoms with Gasteiger partial charge in [-0.2, -0.15) is 0 Å². The van der Waals surface area contributed by atoms with E-state index in [1.807, 2.05) is 32.3 Å². The smallest absolute Gasteiger partial charge is 0.408 e. The first-order chi connectivity index (χ1) is 8.97. The molecule has 1 aromatic heterocycles. The molecule has 0 radical (unpaired) electrons. The number of benzene rings is 1. The summed E-state index contributed by atoms with van der Waals surface area (Å²) >= 11 is 0. The van der Waals surface area contributed by atoms with Gasteiger partial charge < -0.3 is 14.6 Å². The van der Waals surface area contributed by atoms with E-state index in [9.17, 15) is 4.79 Å². The van der Waals surface area contributed by atoms with E-state index < -0.39 is 5.76 Å². The van der Waals surface area contributed by atoms with Gasteiger partial charge in [0, 0.05) is 18.6 Å². The topological polar surface area (TPSA) is 61.3 Å². The van der Waals surface area contributed by atoms with Gasteiger partial charge in [0.05, 0.1) is 5.52 Å². The summed E-state index contributed by atoms with van der Waals surface area (Å²) in [6.45, 7) is 5.10. The Morgan fingerprint density at radius 3 is 2.74 bits per heavy atom. The van der Waals surface area contributed by atoms with E-state index in [0.717, 1.165) is 17.6 Å². The number of likely N-dealkylation sites (N-methyl/N-ethyl adjacent to an activating group) is 1. The van der Waals surface area contributed by atoms with Crippen molar-refractivity contribution >= 4 is 11.1 Å². The van der Waals surface area contributed by atoms with Crippen LogP contribution in [0.1, 0.15) is 25.5 Å². The Morgan fingerprint density at radius 2 is 2.11 bits per heavy atom. The minimum absolute atomic E-state index is 0.243. The molecule has 0 fully saturated rings. The number of aromatic nitrogens is 1. The molecule has 0 aliphatic rings. The summed E-state index contributed by atoms with van der Waals surface area (Å²) in [6, 6.07) is 6.53. The maximum absolute atomic E-state index is 11.2. The van der Waals surface area contributed by atoms with E-state index in [1.54, 1.807) is 0 Å². The summed E-state index contributed by atoms with van der Waals surface area (Å²) in [5.74, 6) is -0.408. The molecule has 2 rings (SSSR count). The molecule has 2 aromatic rings. The molecule has 0 aliphatic heterocycles. The predicted molar refractivity (Wildman–Crippen MR) is 76.4 cm³/mol. The highest BCUT2D eigenvalue weighted by molar-refractivity contribution is 5.72. The SMILES string of the molecule is CC(C)NCC(c1ccc2[nH]c(=O)oc2c1)N(C)C. The van der Waals surface area contributed by atoms with Crippen LogP contribution in [0.4, 0.5) is 0 Å². The number of rotatable bonds is 5. The maximum Gasteiger partial charge on any atom is 0.417 e. The molecule has 0 saturated heterocycles. The largest absolute Gasteiger partial charge is 0.417 e. The Hall–Kier alpha value is -1.59. The second-order valence-electron chi connectivity index (χ2n) is 5.31. The summed E-state index contributed by atoms with van der Waals surface area (Å²) in [7, 11) is 4.09. The number of nitrogens with one attached hydrogen (secondary N) is 2. The van der Waals surface area contributed by atoms with Gasteiger partial charge in [0.15, 0.2) is 5.58 Å². The van der Waals surface area contributed by atoms with Crippen LogP contribution < -0.4 is 11.1 Å². The lowest BCUT2D eigenvalue weighted by Gasteiger charge is -2.26. The van der Waals surface area contributed by atoms with Crippen molar-refractivity contribution in [3.63, 3.8) is 0 Å². The number of nitrogens with zero attached hydrogens (tertiary/aromatic N) is 1. The third-order valence-electron chi connectivity index (χ3n) is 3.17. The molecule has 2 N–H and O–H groups in total. The molecular weight excluding hydrogens is 242 g/mol. The van der Waals surface area contributed by atoms with Crippen molar-refractivity contribution < 1.29 is 4.42 Å². The molecule has 0 bridgehead atoms. The zero-order valence-corrected chi connectivity index (χ0v) is 11.9. The summed E-state index contributed by atoms with van der Waals surface area (Å²) in [6.07, 6.45) is 0. The summed E-state index contributed by atoms with van der Waals surface area (Å²) in [5, 5.41) is 3.44. The van der Waals surface area contributed by atoms with Crippen molar-refractivity contribution in [3.05, 3.63) is 34.3 Å². The molecule has 5 heteroatoms. The van der Waals surface area contributed by atoms with Crippen molar-refractivity contribution in [3.8, 4) is 0 Å². The molecule has 104 valence electrons. The molecule has 0 aliphatic carbocycles. The fourth-order valence-electron chi connectivity index (χ4n) is 2.12. The van der Waals surface area contributed by atoms with Crippen LogP contribution in [0.5, 0.6) is 0 Å². The van der Waals surface area contributed by atoms with Crippen molar-refractivity contribution in [2.75, 3.05) is 20.6 Å². The van der Waals surface area contributed by atoms with E-state index in [0.29, 0.717) is 11.6 Å².